The number of non-ortho nitro benzene ring substituents is 1. The number of carbonyl (C=O) groups excluding carboxylic acids is 1. The van der Waals surface area contributed by atoms with Gasteiger partial charge in [-0.1, -0.05) is 6.07 Å². The molecule has 0 fully saturated rings. The minimum atomic E-state index is -0.899. The Morgan fingerprint density at radius 3 is 2.86 bits per heavy atom. The first-order valence-electron chi connectivity index (χ1n) is 3.47. The van der Waals surface area contributed by atoms with Crippen LogP contribution in [0.5, 0.6) is 0 Å². The second-order valence-corrected chi connectivity index (χ2v) is 2.28. The molecular weight excluding hydrogens is 190 g/mol. The van der Waals surface area contributed by atoms with Crippen LogP contribution in [0, 0.1) is 15.6 Å². The summed E-state index contributed by atoms with van der Waals surface area (Å²) in [5.41, 5.74) is 6.03. The molecule has 0 unspecified atom stereocenters. The summed E-state index contributed by atoms with van der Waals surface area (Å²) in [5, 5.41) is 12.7. The summed E-state index contributed by atoms with van der Waals surface area (Å²) in [6.07, 6.45) is 0. The van der Waals surface area contributed by atoms with Crippen molar-refractivity contribution in [3.05, 3.63) is 39.9 Å². The number of hydrogen-bond acceptors (Lipinski definition) is 6. The fourth-order valence-electron chi connectivity index (χ4n) is 0.841. The third-order valence-corrected chi connectivity index (χ3v) is 1.42. The normalized spacial score (nSPS) is 9.14. The Kier molecular flexibility index (Phi) is 2.85. The van der Waals surface area contributed by atoms with Crippen LogP contribution in [0.25, 0.3) is 0 Å². The van der Waals surface area contributed by atoms with Gasteiger partial charge in [-0.2, -0.15) is 5.53 Å². The highest BCUT2D eigenvalue weighted by Crippen LogP contribution is 2.13. The maximum absolute atomic E-state index is 11.0. The van der Waals surface area contributed by atoms with E-state index in [2.05, 4.69) is 10.1 Å². The van der Waals surface area contributed by atoms with E-state index in [1.807, 2.05) is 0 Å². The number of nitrogens with one attached hydrogen (secondary N) is 1. The molecule has 1 N–H and O–H groups in total. The molecule has 0 saturated carbocycles. The molecular formula is C7H5N3O4. The summed E-state index contributed by atoms with van der Waals surface area (Å²) in [5.74, 6) is -0.899. The lowest BCUT2D eigenvalue weighted by atomic mass is 10.2. The molecule has 0 spiro atoms. The zero-order chi connectivity index (χ0) is 10.6. The lowest BCUT2D eigenvalue weighted by Gasteiger charge is -1.95. The van der Waals surface area contributed by atoms with Gasteiger partial charge < -0.3 is 0 Å². The Labute approximate surface area is 77.9 Å². The second-order valence-electron chi connectivity index (χ2n) is 2.28. The van der Waals surface area contributed by atoms with Crippen LogP contribution >= 0.6 is 0 Å². The first-order valence-corrected chi connectivity index (χ1v) is 3.47. The largest absolute Gasteiger partial charge is 0.367 e. The fourth-order valence-corrected chi connectivity index (χ4v) is 0.841. The van der Waals surface area contributed by atoms with Crippen molar-refractivity contribution in [3.63, 3.8) is 0 Å². The van der Waals surface area contributed by atoms with Gasteiger partial charge in [0, 0.05) is 17.4 Å². The number of nitro benzene ring substituents is 1. The minimum Gasteiger partial charge on any atom is -0.295 e. The Balaban J connectivity index is 2.99. The molecule has 7 heteroatoms. The standard InChI is InChI=1S/C7H5N3O4/c8-9-14-7(11)5-2-1-3-6(4-5)10(12)13/h1-4,8H. The number of nitro groups is 1. The minimum absolute atomic E-state index is 0.0183. The maximum Gasteiger partial charge on any atom is 0.367 e. The highest BCUT2D eigenvalue weighted by atomic mass is 16.7. The predicted molar refractivity (Wildman–Crippen MR) is 43.7 cm³/mol. The lowest BCUT2D eigenvalue weighted by molar-refractivity contribution is -0.384. The van der Waals surface area contributed by atoms with Crippen LogP contribution in [0.15, 0.2) is 29.5 Å². The van der Waals surface area contributed by atoms with E-state index >= 15 is 0 Å². The van der Waals surface area contributed by atoms with E-state index in [0.717, 1.165) is 6.07 Å². The van der Waals surface area contributed by atoms with Gasteiger partial charge in [-0.25, -0.2) is 4.79 Å². The molecule has 0 aliphatic carbocycles. The smallest absolute Gasteiger partial charge is 0.295 e. The van der Waals surface area contributed by atoms with Gasteiger partial charge in [-0.05, 0) is 6.07 Å². The first-order chi connectivity index (χ1) is 6.65. The van der Waals surface area contributed by atoms with Crippen LogP contribution < -0.4 is 0 Å². The number of rotatable bonds is 3. The van der Waals surface area contributed by atoms with Crippen LogP contribution in [-0.2, 0) is 4.84 Å². The summed E-state index contributed by atoms with van der Waals surface area (Å²) in [7, 11) is 0. The Morgan fingerprint density at radius 2 is 2.29 bits per heavy atom. The van der Waals surface area contributed by atoms with Crippen molar-refractivity contribution in [1.82, 2.24) is 0 Å². The molecule has 14 heavy (non-hydrogen) atoms. The van der Waals surface area contributed by atoms with E-state index < -0.39 is 10.9 Å². The van der Waals surface area contributed by atoms with Crippen molar-refractivity contribution >= 4 is 11.7 Å². The predicted octanol–water partition coefficient (Wildman–Crippen LogP) is 1.70. The SMILES string of the molecule is N=NOC(=O)c1cccc([N+](=O)[O-])c1. The Bertz CT molecular complexity index is 390. The van der Waals surface area contributed by atoms with Gasteiger partial charge in [0.2, 0.25) is 0 Å². The van der Waals surface area contributed by atoms with E-state index in [0.29, 0.717) is 0 Å². The summed E-state index contributed by atoms with van der Waals surface area (Å²) in [6.45, 7) is 0. The van der Waals surface area contributed by atoms with Crippen LogP contribution in [0.2, 0.25) is 0 Å². The highest BCUT2D eigenvalue weighted by Gasteiger charge is 2.12. The van der Waals surface area contributed by atoms with Crippen molar-refractivity contribution in [2.45, 2.75) is 0 Å². The topological polar surface area (TPSA) is 106 Å². The monoisotopic (exact) mass is 195 g/mol. The average Bonchev–Trinajstić information content (AvgIpc) is 2.18. The molecule has 0 aromatic heterocycles. The van der Waals surface area contributed by atoms with Gasteiger partial charge in [0.05, 0.1) is 10.5 Å². The van der Waals surface area contributed by atoms with E-state index in [4.69, 9.17) is 5.53 Å². The van der Waals surface area contributed by atoms with E-state index in [1.165, 1.54) is 18.2 Å². The molecule has 72 valence electrons. The molecule has 1 aromatic rings. The number of carbonyl (C=O) groups is 1. The Morgan fingerprint density at radius 1 is 1.57 bits per heavy atom. The molecule has 0 aliphatic heterocycles. The van der Waals surface area contributed by atoms with Gasteiger partial charge in [-0.15, -0.1) is 0 Å². The van der Waals surface area contributed by atoms with Crippen LogP contribution in [0.1, 0.15) is 10.4 Å². The van der Waals surface area contributed by atoms with Crippen molar-refractivity contribution < 1.29 is 14.6 Å². The summed E-state index contributed by atoms with van der Waals surface area (Å²) < 4.78 is 0. The summed E-state index contributed by atoms with van der Waals surface area (Å²) >= 11 is 0. The Hall–Kier alpha value is -2.31. The van der Waals surface area contributed by atoms with Gasteiger partial charge in [0.25, 0.3) is 5.69 Å². The highest BCUT2D eigenvalue weighted by molar-refractivity contribution is 5.89. The fraction of sp³-hybridized carbons (Fsp3) is 0. The first kappa shape index (κ1) is 9.78. The second kappa shape index (κ2) is 4.08. The zero-order valence-corrected chi connectivity index (χ0v) is 6.84. The van der Waals surface area contributed by atoms with Crippen LogP contribution in [-0.4, -0.2) is 10.9 Å². The molecule has 1 rings (SSSR count). The van der Waals surface area contributed by atoms with Gasteiger partial charge in [-0.3, -0.25) is 15.0 Å². The number of benzene rings is 1. The average molecular weight is 195 g/mol. The van der Waals surface area contributed by atoms with Gasteiger partial charge in [0.1, 0.15) is 0 Å². The van der Waals surface area contributed by atoms with E-state index in [9.17, 15) is 14.9 Å². The molecule has 0 amide bonds. The van der Waals surface area contributed by atoms with E-state index in [1.54, 1.807) is 0 Å². The third kappa shape index (κ3) is 2.09. The molecule has 0 aliphatic rings. The number of hydrogen-bond donors (Lipinski definition) is 1. The molecule has 0 saturated heterocycles. The quantitative estimate of drug-likeness (QED) is 0.450. The van der Waals surface area contributed by atoms with Crippen molar-refractivity contribution in [1.29, 1.82) is 5.53 Å². The molecule has 0 atom stereocenters. The molecule has 0 bridgehead atoms. The van der Waals surface area contributed by atoms with Crippen LogP contribution in [0.3, 0.4) is 0 Å². The zero-order valence-electron chi connectivity index (χ0n) is 6.84. The van der Waals surface area contributed by atoms with Gasteiger partial charge >= 0.3 is 5.97 Å². The van der Waals surface area contributed by atoms with Gasteiger partial charge in [0.15, 0.2) is 0 Å². The third-order valence-electron chi connectivity index (χ3n) is 1.42. The summed E-state index contributed by atoms with van der Waals surface area (Å²) in [6, 6.07) is 4.97. The van der Waals surface area contributed by atoms with Crippen molar-refractivity contribution in [2.24, 2.45) is 5.28 Å². The molecule has 0 radical (unpaired) electrons. The van der Waals surface area contributed by atoms with Crippen molar-refractivity contribution in [2.75, 3.05) is 0 Å². The van der Waals surface area contributed by atoms with E-state index in [-0.39, 0.29) is 11.3 Å². The van der Waals surface area contributed by atoms with Crippen LogP contribution in [0.4, 0.5) is 5.69 Å². The molecule has 0 heterocycles. The molecule has 7 nitrogen and oxygen atoms in total. The lowest BCUT2D eigenvalue weighted by Crippen LogP contribution is -2.00. The maximum atomic E-state index is 11.0. The molecule has 1 aromatic carbocycles. The number of nitrogens with zero attached hydrogens (tertiary/aromatic N) is 2. The summed E-state index contributed by atoms with van der Waals surface area (Å²) in [4.78, 5) is 24.6. The van der Waals surface area contributed by atoms with Crippen molar-refractivity contribution in [3.8, 4) is 0 Å².